The second-order valence-corrected chi connectivity index (χ2v) is 3.49. The molecule has 0 aliphatic carbocycles. The molecule has 1 atom stereocenters. The molecule has 1 aromatic carbocycles. The van der Waals surface area contributed by atoms with E-state index in [2.05, 4.69) is 11.9 Å². The molecule has 0 saturated carbocycles. The molecule has 0 amide bonds. The standard InChI is InChI=1S/C12H17FN2/c1-3-6-15-12(8-14)10-4-5-11(13)9(2)7-10/h3-5,7,12,15H,1,6,8,14H2,2H3. The van der Waals surface area contributed by atoms with Crippen molar-refractivity contribution in [2.75, 3.05) is 13.1 Å². The Morgan fingerprint density at radius 3 is 2.87 bits per heavy atom. The lowest BCUT2D eigenvalue weighted by Crippen LogP contribution is -2.28. The van der Waals surface area contributed by atoms with Gasteiger partial charge in [0.25, 0.3) is 0 Å². The van der Waals surface area contributed by atoms with Gasteiger partial charge >= 0.3 is 0 Å². The third kappa shape index (κ3) is 3.15. The Hall–Kier alpha value is -1.19. The fourth-order valence-corrected chi connectivity index (χ4v) is 1.45. The van der Waals surface area contributed by atoms with E-state index in [0.717, 1.165) is 5.56 Å². The van der Waals surface area contributed by atoms with Gasteiger partial charge in [-0.1, -0.05) is 18.2 Å². The molecule has 0 bridgehead atoms. The van der Waals surface area contributed by atoms with Gasteiger partial charge in [-0.25, -0.2) is 4.39 Å². The monoisotopic (exact) mass is 208 g/mol. The van der Waals surface area contributed by atoms with Crippen molar-refractivity contribution in [1.29, 1.82) is 0 Å². The summed E-state index contributed by atoms with van der Waals surface area (Å²) in [6.07, 6.45) is 1.78. The zero-order valence-corrected chi connectivity index (χ0v) is 8.96. The van der Waals surface area contributed by atoms with Crippen molar-refractivity contribution in [3.63, 3.8) is 0 Å². The molecule has 0 heterocycles. The summed E-state index contributed by atoms with van der Waals surface area (Å²) in [5.74, 6) is -0.182. The molecule has 1 rings (SSSR count). The Kier molecular flexibility index (Phi) is 4.46. The smallest absolute Gasteiger partial charge is 0.126 e. The van der Waals surface area contributed by atoms with Crippen LogP contribution in [0.25, 0.3) is 0 Å². The van der Waals surface area contributed by atoms with Crippen LogP contribution in [0.4, 0.5) is 4.39 Å². The highest BCUT2D eigenvalue weighted by molar-refractivity contribution is 5.26. The van der Waals surface area contributed by atoms with Crippen LogP contribution in [0.3, 0.4) is 0 Å². The molecule has 82 valence electrons. The summed E-state index contributed by atoms with van der Waals surface area (Å²) >= 11 is 0. The van der Waals surface area contributed by atoms with Crippen LogP contribution in [0.15, 0.2) is 30.9 Å². The van der Waals surface area contributed by atoms with E-state index in [9.17, 15) is 4.39 Å². The zero-order chi connectivity index (χ0) is 11.3. The van der Waals surface area contributed by atoms with Gasteiger partial charge in [0.15, 0.2) is 0 Å². The third-order valence-electron chi connectivity index (χ3n) is 2.33. The van der Waals surface area contributed by atoms with Crippen LogP contribution in [-0.2, 0) is 0 Å². The van der Waals surface area contributed by atoms with E-state index in [1.165, 1.54) is 6.07 Å². The first-order valence-corrected chi connectivity index (χ1v) is 4.99. The molecule has 0 radical (unpaired) electrons. The Labute approximate surface area is 90.0 Å². The van der Waals surface area contributed by atoms with E-state index in [1.54, 1.807) is 19.1 Å². The number of nitrogens with one attached hydrogen (secondary N) is 1. The van der Waals surface area contributed by atoms with Crippen LogP contribution in [0.2, 0.25) is 0 Å². The van der Waals surface area contributed by atoms with E-state index in [-0.39, 0.29) is 11.9 Å². The van der Waals surface area contributed by atoms with Crippen molar-refractivity contribution >= 4 is 0 Å². The van der Waals surface area contributed by atoms with E-state index < -0.39 is 0 Å². The molecule has 0 aliphatic rings. The maximum Gasteiger partial charge on any atom is 0.126 e. The number of hydrogen-bond donors (Lipinski definition) is 2. The summed E-state index contributed by atoms with van der Waals surface area (Å²) in [5.41, 5.74) is 7.30. The number of nitrogens with two attached hydrogens (primary N) is 1. The molecule has 0 aliphatic heterocycles. The molecule has 2 nitrogen and oxygen atoms in total. The van der Waals surface area contributed by atoms with Crippen LogP contribution in [0.1, 0.15) is 17.2 Å². The van der Waals surface area contributed by atoms with Gasteiger partial charge in [-0.15, -0.1) is 6.58 Å². The van der Waals surface area contributed by atoms with E-state index >= 15 is 0 Å². The largest absolute Gasteiger partial charge is 0.329 e. The molecule has 15 heavy (non-hydrogen) atoms. The molecule has 1 unspecified atom stereocenters. The Morgan fingerprint density at radius 1 is 1.60 bits per heavy atom. The number of hydrogen-bond acceptors (Lipinski definition) is 2. The maximum absolute atomic E-state index is 13.1. The number of halogens is 1. The minimum atomic E-state index is -0.182. The van der Waals surface area contributed by atoms with Crippen molar-refractivity contribution in [2.45, 2.75) is 13.0 Å². The lowest BCUT2D eigenvalue weighted by Gasteiger charge is -2.16. The average Bonchev–Trinajstić information content (AvgIpc) is 2.24. The highest BCUT2D eigenvalue weighted by Gasteiger charge is 2.09. The minimum Gasteiger partial charge on any atom is -0.329 e. The molecular formula is C12H17FN2. The second kappa shape index (κ2) is 5.63. The van der Waals surface area contributed by atoms with Crippen LogP contribution >= 0.6 is 0 Å². The molecule has 0 saturated heterocycles. The Morgan fingerprint density at radius 2 is 2.33 bits per heavy atom. The summed E-state index contributed by atoms with van der Waals surface area (Å²) in [5, 5.41) is 3.22. The van der Waals surface area contributed by atoms with E-state index in [0.29, 0.717) is 18.7 Å². The summed E-state index contributed by atoms with van der Waals surface area (Å²) in [6, 6.07) is 5.12. The Balaban J connectivity index is 2.82. The lowest BCUT2D eigenvalue weighted by atomic mass is 10.0. The minimum absolute atomic E-state index is 0.0577. The fourth-order valence-electron chi connectivity index (χ4n) is 1.45. The van der Waals surface area contributed by atoms with Crippen LogP contribution < -0.4 is 11.1 Å². The van der Waals surface area contributed by atoms with Crippen LogP contribution in [0.5, 0.6) is 0 Å². The van der Waals surface area contributed by atoms with Crippen molar-refractivity contribution in [2.24, 2.45) is 5.73 Å². The van der Waals surface area contributed by atoms with Crippen molar-refractivity contribution in [3.8, 4) is 0 Å². The third-order valence-corrected chi connectivity index (χ3v) is 2.33. The van der Waals surface area contributed by atoms with Gasteiger partial charge < -0.3 is 11.1 Å². The summed E-state index contributed by atoms with van der Waals surface area (Å²) in [6.45, 7) is 6.56. The number of benzene rings is 1. The fraction of sp³-hybridized carbons (Fsp3) is 0.333. The molecular weight excluding hydrogens is 191 g/mol. The Bertz CT molecular complexity index is 336. The molecule has 0 fully saturated rings. The number of rotatable bonds is 5. The average molecular weight is 208 g/mol. The first-order valence-electron chi connectivity index (χ1n) is 4.99. The quantitative estimate of drug-likeness (QED) is 0.725. The molecule has 0 aromatic heterocycles. The summed E-state index contributed by atoms with van der Waals surface area (Å²) < 4.78 is 13.1. The first kappa shape index (κ1) is 11.9. The van der Waals surface area contributed by atoms with Crippen LogP contribution in [0, 0.1) is 12.7 Å². The first-order chi connectivity index (χ1) is 7.19. The molecule has 1 aromatic rings. The van der Waals surface area contributed by atoms with Gasteiger partial charge in [0.2, 0.25) is 0 Å². The molecule has 0 spiro atoms. The van der Waals surface area contributed by atoms with Gasteiger partial charge in [0.05, 0.1) is 0 Å². The van der Waals surface area contributed by atoms with Gasteiger partial charge in [-0.3, -0.25) is 0 Å². The number of aryl methyl sites for hydroxylation is 1. The normalized spacial score (nSPS) is 12.5. The van der Waals surface area contributed by atoms with Crippen molar-refractivity contribution < 1.29 is 4.39 Å². The second-order valence-electron chi connectivity index (χ2n) is 3.49. The van der Waals surface area contributed by atoms with Crippen molar-refractivity contribution in [1.82, 2.24) is 5.32 Å². The maximum atomic E-state index is 13.1. The van der Waals surface area contributed by atoms with Gasteiger partial charge in [-0.2, -0.15) is 0 Å². The summed E-state index contributed by atoms with van der Waals surface area (Å²) in [4.78, 5) is 0. The van der Waals surface area contributed by atoms with Gasteiger partial charge in [0.1, 0.15) is 5.82 Å². The highest BCUT2D eigenvalue weighted by Crippen LogP contribution is 2.15. The zero-order valence-electron chi connectivity index (χ0n) is 8.96. The molecule has 3 N–H and O–H groups in total. The highest BCUT2D eigenvalue weighted by atomic mass is 19.1. The van der Waals surface area contributed by atoms with Crippen LogP contribution in [-0.4, -0.2) is 13.1 Å². The van der Waals surface area contributed by atoms with E-state index in [1.807, 2.05) is 6.07 Å². The predicted octanol–water partition coefficient (Wildman–Crippen LogP) is 1.91. The lowest BCUT2D eigenvalue weighted by molar-refractivity contribution is 0.571. The topological polar surface area (TPSA) is 38.0 Å². The SMILES string of the molecule is C=CCNC(CN)c1ccc(F)c(C)c1. The van der Waals surface area contributed by atoms with Crippen molar-refractivity contribution in [3.05, 3.63) is 47.8 Å². The predicted molar refractivity (Wildman–Crippen MR) is 61.1 cm³/mol. The molecule has 3 heteroatoms. The van der Waals surface area contributed by atoms with Gasteiger partial charge in [0, 0.05) is 19.1 Å². The van der Waals surface area contributed by atoms with E-state index in [4.69, 9.17) is 5.73 Å². The summed E-state index contributed by atoms with van der Waals surface area (Å²) in [7, 11) is 0. The van der Waals surface area contributed by atoms with Gasteiger partial charge in [-0.05, 0) is 24.1 Å².